The number of carbonyl (C=O) groups is 1. The van der Waals surface area contributed by atoms with Crippen molar-refractivity contribution in [2.75, 3.05) is 0 Å². The molecule has 1 heterocycles. The van der Waals surface area contributed by atoms with Crippen LogP contribution >= 0.6 is 0 Å². The second-order valence-electron chi connectivity index (χ2n) is 3.75. The van der Waals surface area contributed by atoms with E-state index in [1.807, 2.05) is 29.0 Å². The van der Waals surface area contributed by atoms with E-state index in [4.69, 9.17) is 0 Å². The predicted octanol–water partition coefficient (Wildman–Crippen LogP) is 1.83. The molecule has 1 N–H and O–H groups in total. The molecule has 0 aliphatic carbocycles. The summed E-state index contributed by atoms with van der Waals surface area (Å²) < 4.78 is 1.98. The van der Waals surface area contributed by atoms with E-state index in [0.29, 0.717) is 12.1 Å². The number of carbonyl (C=O) groups excluding carboxylic acids is 1. The van der Waals surface area contributed by atoms with E-state index in [1.54, 1.807) is 13.0 Å². The van der Waals surface area contributed by atoms with E-state index >= 15 is 0 Å². The fourth-order valence-corrected chi connectivity index (χ4v) is 1.74. The number of hydrogen-bond acceptors (Lipinski definition) is 2. The first-order valence-corrected chi connectivity index (χ1v) is 4.93. The number of aliphatic hydroxyl groups is 1. The molecule has 15 heavy (non-hydrogen) atoms. The van der Waals surface area contributed by atoms with Crippen molar-refractivity contribution in [2.24, 2.45) is 0 Å². The number of rotatable bonds is 3. The van der Waals surface area contributed by atoms with Crippen LogP contribution < -0.4 is 0 Å². The number of aldehydes is 1. The summed E-state index contributed by atoms with van der Waals surface area (Å²) in [4.78, 5) is 10.6. The summed E-state index contributed by atoms with van der Waals surface area (Å²) in [7, 11) is 0. The van der Waals surface area contributed by atoms with Gasteiger partial charge in [-0.2, -0.15) is 0 Å². The fraction of sp³-hybridized carbons (Fsp3) is 0.250. The first kappa shape index (κ1) is 9.93. The van der Waals surface area contributed by atoms with Crippen LogP contribution in [0.15, 0.2) is 30.5 Å². The van der Waals surface area contributed by atoms with Gasteiger partial charge in [-0.25, -0.2) is 0 Å². The van der Waals surface area contributed by atoms with E-state index in [1.165, 1.54) is 0 Å². The highest BCUT2D eigenvalue weighted by Crippen LogP contribution is 2.17. The summed E-state index contributed by atoms with van der Waals surface area (Å²) in [5.74, 6) is 0. The minimum absolute atomic E-state index is 0.369. The summed E-state index contributed by atoms with van der Waals surface area (Å²) >= 11 is 0. The molecule has 78 valence electrons. The molecule has 1 unspecified atom stereocenters. The van der Waals surface area contributed by atoms with E-state index < -0.39 is 0 Å². The van der Waals surface area contributed by atoms with Gasteiger partial charge in [0, 0.05) is 29.2 Å². The van der Waals surface area contributed by atoms with Crippen LogP contribution in [0.2, 0.25) is 0 Å². The number of hydrogen-bond donors (Lipinski definition) is 1. The van der Waals surface area contributed by atoms with Crippen molar-refractivity contribution in [3.8, 4) is 0 Å². The summed E-state index contributed by atoms with van der Waals surface area (Å²) in [5, 5.41) is 10.3. The Hall–Kier alpha value is -1.61. The lowest BCUT2D eigenvalue weighted by molar-refractivity contribution is 0.112. The van der Waals surface area contributed by atoms with Crippen LogP contribution in [-0.4, -0.2) is 22.1 Å². The molecular formula is C12H13NO2. The average Bonchev–Trinajstić information content (AvgIpc) is 2.60. The minimum Gasteiger partial charge on any atom is -0.392 e. The van der Waals surface area contributed by atoms with E-state index in [2.05, 4.69) is 0 Å². The van der Waals surface area contributed by atoms with Crippen LogP contribution in [0, 0.1) is 0 Å². The zero-order valence-corrected chi connectivity index (χ0v) is 8.55. The largest absolute Gasteiger partial charge is 0.392 e. The minimum atomic E-state index is -0.369. The highest BCUT2D eigenvalue weighted by Gasteiger charge is 2.03. The van der Waals surface area contributed by atoms with Crippen molar-refractivity contribution in [2.45, 2.75) is 19.6 Å². The normalized spacial score (nSPS) is 12.9. The summed E-state index contributed by atoms with van der Waals surface area (Å²) in [6.45, 7) is 2.33. The molecule has 0 radical (unpaired) electrons. The third-order valence-corrected chi connectivity index (χ3v) is 2.39. The molecule has 0 aliphatic heterocycles. The second-order valence-corrected chi connectivity index (χ2v) is 3.75. The Morgan fingerprint density at radius 3 is 2.93 bits per heavy atom. The molecule has 0 fully saturated rings. The maximum atomic E-state index is 10.6. The molecule has 2 aromatic rings. The zero-order valence-electron chi connectivity index (χ0n) is 8.55. The van der Waals surface area contributed by atoms with Crippen LogP contribution in [0.3, 0.4) is 0 Å². The van der Waals surface area contributed by atoms with Crippen LogP contribution in [0.25, 0.3) is 10.9 Å². The number of fused-ring (bicyclic) bond motifs is 1. The zero-order chi connectivity index (χ0) is 10.8. The van der Waals surface area contributed by atoms with E-state index in [-0.39, 0.29) is 6.10 Å². The van der Waals surface area contributed by atoms with Crippen molar-refractivity contribution in [1.82, 2.24) is 4.57 Å². The van der Waals surface area contributed by atoms with Gasteiger partial charge >= 0.3 is 0 Å². The van der Waals surface area contributed by atoms with Gasteiger partial charge in [0.15, 0.2) is 0 Å². The van der Waals surface area contributed by atoms with Gasteiger partial charge in [0.1, 0.15) is 6.29 Å². The van der Waals surface area contributed by atoms with Crippen molar-refractivity contribution >= 4 is 17.2 Å². The lowest BCUT2D eigenvalue weighted by Crippen LogP contribution is -2.10. The quantitative estimate of drug-likeness (QED) is 0.773. The second kappa shape index (κ2) is 3.87. The highest BCUT2D eigenvalue weighted by atomic mass is 16.3. The number of aliphatic hydroxyl groups excluding tert-OH is 1. The van der Waals surface area contributed by atoms with Gasteiger partial charge in [-0.3, -0.25) is 4.79 Å². The molecule has 1 aromatic heterocycles. The average molecular weight is 203 g/mol. The fourth-order valence-electron chi connectivity index (χ4n) is 1.74. The van der Waals surface area contributed by atoms with Gasteiger partial charge in [0.25, 0.3) is 0 Å². The lowest BCUT2D eigenvalue weighted by atomic mass is 10.2. The van der Waals surface area contributed by atoms with Crippen LogP contribution in [0.1, 0.15) is 17.3 Å². The topological polar surface area (TPSA) is 42.2 Å². The summed E-state index contributed by atoms with van der Waals surface area (Å²) in [5.41, 5.74) is 1.72. The van der Waals surface area contributed by atoms with Crippen LogP contribution in [0.5, 0.6) is 0 Å². The van der Waals surface area contributed by atoms with Crippen LogP contribution in [0.4, 0.5) is 0 Å². The lowest BCUT2D eigenvalue weighted by Gasteiger charge is -2.07. The molecule has 0 spiro atoms. The van der Waals surface area contributed by atoms with Gasteiger partial charge in [0.2, 0.25) is 0 Å². The number of nitrogens with zero attached hydrogens (tertiary/aromatic N) is 1. The Balaban J connectivity index is 2.47. The smallest absolute Gasteiger partial charge is 0.150 e. The summed E-state index contributed by atoms with van der Waals surface area (Å²) in [6, 6.07) is 7.49. The van der Waals surface area contributed by atoms with Crippen molar-refractivity contribution in [1.29, 1.82) is 0 Å². The SMILES string of the molecule is CC(O)Cn1ccc2cc(C=O)ccc21. The summed E-state index contributed by atoms with van der Waals surface area (Å²) in [6.07, 6.45) is 2.39. The molecule has 0 saturated heterocycles. The van der Waals surface area contributed by atoms with E-state index in [9.17, 15) is 9.90 Å². The molecule has 0 bridgehead atoms. The third-order valence-electron chi connectivity index (χ3n) is 2.39. The Bertz CT molecular complexity index is 485. The molecule has 3 heteroatoms. The van der Waals surface area contributed by atoms with Gasteiger partial charge < -0.3 is 9.67 Å². The first-order chi connectivity index (χ1) is 7.20. The maximum absolute atomic E-state index is 10.6. The van der Waals surface area contributed by atoms with Gasteiger partial charge in [-0.15, -0.1) is 0 Å². The molecule has 2 rings (SSSR count). The molecule has 1 atom stereocenters. The Kier molecular flexibility index (Phi) is 2.56. The number of aromatic nitrogens is 1. The van der Waals surface area contributed by atoms with Crippen molar-refractivity contribution in [3.63, 3.8) is 0 Å². The predicted molar refractivity (Wildman–Crippen MR) is 59.0 cm³/mol. The Labute approximate surface area is 87.9 Å². The monoisotopic (exact) mass is 203 g/mol. The Morgan fingerprint density at radius 2 is 2.27 bits per heavy atom. The highest BCUT2D eigenvalue weighted by molar-refractivity contribution is 5.87. The molecule has 0 saturated carbocycles. The van der Waals surface area contributed by atoms with Crippen molar-refractivity contribution in [3.05, 3.63) is 36.0 Å². The van der Waals surface area contributed by atoms with E-state index in [0.717, 1.165) is 17.2 Å². The molecule has 3 nitrogen and oxygen atoms in total. The van der Waals surface area contributed by atoms with Gasteiger partial charge in [-0.1, -0.05) is 0 Å². The molecule has 0 amide bonds. The maximum Gasteiger partial charge on any atom is 0.150 e. The molecular weight excluding hydrogens is 190 g/mol. The third kappa shape index (κ3) is 1.92. The standard InChI is InChI=1S/C12H13NO2/c1-9(15)7-13-5-4-11-6-10(8-14)2-3-12(11)13/h2-6,8-9,15H,7H2,1H3. The Morgan fingerprint density at radius 1 is 1.47 bits per heavy atom. The van der Waals surface area contributed by atoms with Crippen LogP contribution in [-0.2, 0) is 6.54 Å². The molecule has 1 aromatic carbocycles. The first-order valence-electron chi connectivity index (χ1n) is 4.93. The van der Waals surface area contributed by atoms with Crippen molar-refractivity contribution < 1.29 is 9.90 Å². The van der Waals surface area contributed by atoms with Gasteiger partial charge in [0.05, 0.1) is 6.10 Å². The molecule has 0 aliphatic rings. The van der Waals surface area contributed by atoms with Gasteiger partial charge in [-0.05, 0) is 31.2 Å². The number of benzene rings is 1.